The second kappa shape index (κ2) is 4.94. The Kier molecular flexibility index (Phi) is 3.69. The predicted molar refractivity (Wildman–Crippen MR) is 76.5 cm³/mol. The molecule has 2 rings (SSSR count). The molecule has 0 bridgehead atoms. The number of hydrogen-bond donors (Lipinski definition) is 1. The zero-order chi connectivity index (χ0) is 16.0. The van der Waals surface area contributed by atoms with E-state index < -0.39 is 27.6 Å². The average molecular weight is 330 g/mol. The van der Waals surface area contributed by atoms with Gasteiger partial charge in [-0.3, -0.25) is 0 Å². The highest BCUT2D eigenvalue weighted by atomic mass is 32.2. The number of carbonyl (C=O) groups is 1. The Morgan fingerprint density at radius 1 is 1.48 bits per heavy atom. The molecule has 1 aliphatic heterocycles. The van der Waals surface area contributed by atoms with Gasteiger partial charge in [0.1, 0.15) is 0 Å². The van der Waals surface area contributed by atoms with Crippen molar-refractivity contribution in [2.45, 2.75) is 30.0 Å². The monoisotopic (exact) mass is 330 g/mol. The molecule has 8 nitrogen and oxygen atoms in total. The number of carbonyl (C=O) groups excluding carboxylic acids is 1. The van der Waals surface area contributed by atoms with Crippen LogP contribution in [-0.4, -0.2) is 59.2 Å². The second-order valence-electron chi connectivity index (χ2n) is 5.07. The van der Waals surface area contributed by atoms with Crippen molar-refractivity contribution >= 4 is 32.3 Å². The zero-order valence-electron chi connectivity index (χ0n) is 11.6. The number of aliphatic hydroxyl groups excluding tert-OH is 1. The summed E-state index contributed by atoms with van der Waals surface area (Å²) in [5.41, 5.74) is -0.878. The molecule has 1 atom stereocenters. The van der Waals surface area contributed by atoms with Crippen LogP contribution in [0.5, 0.6) is 0 Å². The number of rotatable bonds is 3. The molecule has 1 aromatic rings. The molecular weight excluding hydrogens is 316 g/mol. The first-order valence-electron chi connectivity index (χ1n) is 5.88. The van der Waals surface area contributed by atoms with E-state index in [0.29, 0.717) is 0 Å². The van der Waals surface area contributed by atoms with Gasteiger partial charge in [0.2, 0.25) is 19.3 Å². The van der Waals surface area contributed by atoms with Gasteiger partial charge in [-0.1, -0.05) is 17.3 Å². The molecule has 1 unspecified atom stereocenters. The molecule has 1 fully saturated rings. The highest BCUT2D eigenvalue weighted by molar-refractivity contribution is 7.92. The van der Waals surface area contributed by atoms with Crippen molar-refractivity contribution in [3.05, 3.63) is 0 Å². The number of β-amino-alcohol motifs (C(OH)–C–C–N with tert-alkyl or cyclic N) is 1. The van der Waals surface area contributed by atoms with Gasteiger partial charge in [-0.25, -0.2) is 18.1 Å². The normalized spacial score (nSPS) is 20.0. The van der Waals surface area contributed by atoms with Gasteiger partial charge in [-0.2, -0.15) is 0 Å². The van der Waals surface area contributed by atoms with Crippen molar-refractivity contribution in [3.8, 4) is 12.3 Å². The average Bonchev–Trinajstić information content (AvgIpc) is 2.94. The molecule has 10 heteroatoms. The summed E-state index contributed by atoms with van der Waals surface area (Å²) in [5.74, 6) is 2.47. The lowest BCUT2D eigenvalue weighted by atomic mass is 10.1. The topological polar surface area (TPSA) is 104 Å². The van der Waals surface area contributed by atoms with Gasteiger partial charge in [-0.15, -0.1) is 16.6 Å². The Morgan fingerprint density at radius 3 is 2.57 bits per heavy atom. The fourth-order valence-electron chi connectivity index (χ4n) is 1.78. The molecule has 1 aromatic heterocycles. The lowest BCUT2D eigenvalue weighted by Crippen LogP contribution is -2.45. The maximum absolute atomic E-state index is 12.4. The SMILES string of the molecule is C#CC(C)(C)N1CC(O)N(c2nnc(S(C)(=O)=O)s2)C1=O. The van der Waals surface area contributed by atoms with E-state index in [1.54, 1.807) is 13.8 Å². The molecule has 2 amide bonds. The van der Waals surface area contributed by atoms with Gasteiger partial charge in [0.25, 0.3) is 0 Å². The minimum absolute atomic E-state index is 0.00379. The highest BCUT2D eigenvalue weighted by Crippen LogP contribution is 2.31. The van der Waals surface area contributed by atoms with E-state index in [-0.39, 0.29) is 16.0 Å². The molecule has 114 valence electrons. The van der Waals surface area contributed by atoms with E-state index in [2.05, 4.69) is 16.1 Å². The Labute approximate surface area is 126 Å². The van der Waals surface area contributed by atoms with E-state index in [1.165, 1.54) is 4.90 Å². The van der Waals surface area contributed by atoms with Gasteiger partial charge in [-0.05, 0) is 13.8 Å². The van der Waals surface area contributed by atoms with Crippen molar-refractivity contribution in [2.75, 3.05) is 17.7 Å². The summed E-state index contributed by atoms with van der Waals surface area (Å²) in [7, 11) is -3.51. The van der Waals surface area contributed by atoms with Gasteiger partial charge >= 0.3 is 6.03 Å². The predicted octanol–water partition coefficient (Wildman–Crippen LogP) is -0.0862. The van der Waals surface area contributed by atoms with Crippen LogP contribution >= 0.6 is 11.3 Å². The molecule has 0 saturated carbocycles. The van der Waals surface area contributed by atoms with Crippen LogP contribution in [0.25, 0.3) is 0 Å². The lowest BCUT2D eigenvalue weighted by molar-refractivity contribution is 0.150. The number of urea groups is 1. The molecule has 21 heavy (non-hydrogen) atoms. The molecule has 0 radical (unpaired) electrons. The second-order valence-corrected chi connectivity index (χ2v) is 8.22. The first-order valence-corrected chi connectivity index (χ1v) is 8.59. The Morgan fingerprint density at radius 2 is 2.10 bits per heavy atom. The summed E-state index contributed by atoms with van der Waals surface area (Å²) in [6.07, 6.45) is 5.22. The summed E-state index contributed by atoms with van der Waals surface area (Å²) in [5, 5.41) is 17.2. The van der Waals surface area contributed by atoms with Crippen LogP contribution in [0.3, 0.4) is 0 Å². The number of anilines is 1. The molecule has 1 N–H and O–H groups in total. The number of amides is 2. The summed E-state index contributed by atoms with van der Waals surface area (Å²) in [4.78, 5) is 14.7. The van der Waals surface area contributed by atoms with Crippen LogP contribution in [0.4, 0.5) is 9.93 Å². The van der Waals surface area contributed by atoms with Crippen LogP contribution in [0, 0.1) is 12.3 Å². The summed E-state index contributed by atoms with van der Waals surface area (Å²) in [6.45, 7) is 3.34. The van der Waals surface area contributed by atoms with Crippen LogP contribution in [-0.2, 0) is 9.84 Å². The van der Waals surface area contributed by atoms with Crippen LogP contribution in [0.15, 0.2) is 4.34 Å². The van der Waals surface area contributed by atoms with Gasteiger partial charge in [0, 0.05) is 6.26 Å². The molecule has 1 aliphatic rings. The number of aliphatic hydroxyl groups is 1. The molecule has 0 spiro atoms. The molecule has 0 aromatic carbocycles. The van der Waals surface area contributed by atoms with Crippen LogP contribution in [0.1, 0.15) is 13.8 Å². The van der Waals surface area contributed by atoms with E-state index in [9.17, 15) is 18.3 Å². The van der Waals surface area contributed by atoms with Crippen LogP contribution in [0.2, 0.25) is 0 Å². The largest absolute Gasteiger partial charge is 0.371 e. The Bertz CT molecular complexity index is 719. The van der Waals surface area contributed by atoms with E-state index in [4.69, 9.17) is 6.42 Å². The Hall–Kier alpha value is -1.70. The number of sulfone groups is 1. The van der Waals surface area contributed by atoms with Gasteiger partial charge in [0.15, 0.2) is 6.23 Å². The van der Waals surface area contributed by atoms with Crippen molar-refractivity contribution < 1.29 is 18.3 Å². The lowest BCUT2D eigenvalue weighted by Gasteiger charge is -2.29. The first-order chi connectivity index (χ1) is 9.58. The third-order valence-corrected chi connectivity index (χ3v) is 5.62. The third-order valence-electron chi connectivity index (χ3n) is 3.03. The van der Waals surface area contributed by atoms with E-state index in [0.717, 1.165) is 22.5 Å². The molecule has 1 saturated heterocycles. The summed E-state index contributed by atoms with van der Waals surface area (Å²) >= 11 is 0.721. The van der Waals surface area contributed by atoms with Crippen LogP contribution < -0.4 is 4.90 Å². The smallest absolute Gasteiger partial charge is 0.329 e. The number of terminal acetylenes is 1. The number of nitrogens with zero attached hydrogens (tertiary/aromatic N) is 4. The Balaban J connectivity index is 2.36. The zero-order valence-corrected chi connectivity index (χ0v) is 13.3. The third kappa shape index (κ3) is 2.72. The molecular formula is C11H14N4O4S2. The maximum Gasteiger partial charge on any atom is 0.329 e. The quantitative estimate of drug-likeness (QED) is 0.614. The highest BCUT2D eigenvalue weighted by Gasteiger charge is 2.45. The standard InChI is InChI=1S/C11H14N4O4S2/c1-5-11(2,3)14-6-7(16)15(10(14)17)8-12-13-9(20-8)21(4,18)19/h1,7,16H,6H2,2-4H3. The van der Waals surface area contributed by atoms with Crippen molar-refractivity contribution in [1.82, 2.24) is 15.1 Å². The van der Waals surface area contributed by atoms with E-state index in [1.807, 2.05) is 0 Å². The number of aromatic nitrogens is 2. The molecule has 2 heterocycles. The fourth-order valence-corrected chi connectivity index (χ4v) is 3.42. The summed E-state index contributed by atoms with van der Waals surface area (Å²) in [6, 6.07) is -0.540. The van der Waals surface area contributed by atoms with Crippen molar-refractivity contribution in [1.29, 1.82) is 0 Å². The maximum atomic E-state index is 12.4. The minimum atomic E-state index is -3.51. The van der Waals surface area contributed by atoms with Crippen molar-refractivity contribution in [2.24, 2.45) is 0 Å². The minimum Gasteiger partial charge on any atom is -0.371 e. The first kappa shape index (κ1) is 15.7. The number of hydrogen-bond acceptors (Lipinski definition) is 7. The fraction of sp³-hybridized carbons (Fsp3) is 0.545. The molecule has 0 aliphatic carbocycles. The van der Waals surface area contributed by atoms with Gasteiger partial charge in [0.05, 0.1) is 12.1 Å². The summed E-state index contributed by atoms with van der Waals surface area (Å²) < 4.78 is 22.6. The van der Waals surface area contributed by atoms with Gasteiger partial charge < -0.3 is 10.0 Å². The van der Waals surface area contributed by atoms with E-state index >= 15 is 0 Å². The van der Waals surface area contributed by atoms with Crippen molar-refractivity contribution in [3.63, 3.8) is 0 Å².